The summed E-state index contributed by atoms with van der Waals surface area (Å²) < 4.78 is 40.9. The Morgan fingerprint density at radius 1 is 0.962 bits per heavy atom. The molecule has 0 fully saturated rings. The molecule has 2 nitrogen and oxygen atoms in total. The molecule has 1 N–H and O–H groups in total. The molecule has 2 aromatic carbocycles. The monoisotopic (exact) mass is 354 g/mol. The zero-order chi connectivity index (χ0) is 18.6. The summed E-state index contributed by atoms with van der Waals surface area (Å²) in [6, 6.07) is 10.8. The average molecular weight is 354 g/mol. The topological polar surface area (TPSA) is 28.7 Å². The Morgan fingerprint density at radius 2 is 1.73 bits per heavy atom. The van der Waals surface area contributed by atoms with E-state index in [1.165, 1.54) is 13.0 Å². The molecule has 2 heterocycles. The van der Waals surface area contributed by atoms with E-state index in [0.717, 1.165) is 27.5 Å². The van der Waals surface area contributed by atoms with Crippen LogP contribution in [0.25, 0.3) is 33.1 Å². The second-order valence-corrected chi connectivity index (χ2v) is 6.75. The fraction of sp³-hybridized carbons (Fsp3) is 0.190. The molecular formula is C21H17F3N2. The number of nitrogens with zero attached hydrogens (tertiary/aromatic N) is 1. The minimum Gasteiger partial charge on any atom is -0.339 e. The van der Waals surface area contributed by atoms with Crippen molar-refractivity contribution in [1.82, 2.24) is 9.97 Å². The van der Waals surface area contributed by atoms with E-state index < -0.39 is 11.7 Å². The highest BCUT2D eigenvalue weighted by Crippen LogP contribution is 2.42. The van der Waals surface area contributed by atoms with Gasteiger partial charge in [-0.25, -0.2) is 4.98 Å². The highest BCUT2D eigenvalue weighted by Gasteiger charge is 2.34. The molecule has 0 aliphatic heterocycles. The van der Waals surface area contributed by atoms with Gasteiger partial charge in [0.05, 0.1) is 11.1 Å². The Kier molecular flexibility index (Phi) is 3.58. The van der Waals surface area contributed by atoms with Crippen molar-refractivity contribution in [3.63, 3.8) is 0 Å². The first-order valence-electron chi connectivity index (χ1n) is 8.31. The summed E-state index contributed by atoms with van der Waals surface area (Å²) in [6.45, 7) is 5.36. The summed E-state index contributed by atoms with van der Waals surface area (Å²) in [5, 5.41) is 1.63. The molecule has 0 aliphatic carbocycles. The zero-order valence-corrected chi connectivity index (χ0v) is 14.6. The highest BCUT2D eigenvalue weighted by molar-refractivity contribution is 6.14. The fourth-order valence-electron chi connectivity index (χ4n) is 3.53. The van der Waals surface area contributed by atoms with Gasteiger partial charge >= 0.3 is 6.18 Å². The number of rotatable bonds is 1. The number of aromatic amines is 1. The number of fused-ring (bicyclic) bond motifs is 3. The van der Waals surface area contributed by atoms with Crippen molar-refractivity contribution in [2.45, 2.75) is 26.9 Å². The number of hydrogen-bond acceptors (Lipinski definition) is 1. The van der Waals surface area contributed by atoms with Gasteiger partial charge in [-0.05, 0) is 55.2 Å². The van der Waals surface area contributed by atoms with Crippen LogP contribution < -0.4 is 0 Å². The van der Waals surface area contributed by atoms with Crippen LogP contribution in [0.5, 0.6) is 0 Å². The number of aromatic nitrogens is 2. The van der Waals surface area contributed by atoms with Crippen LogP contribution in [0, 0.1) is 20.8 Å². The SMILES string of the molecule is Cc1cccc(-c2cc(C(F)(F)F)c(C)c3[nH]c4ncc(C)cc4c23)c1. The summed E-state index contributed by atoms with van der Waals surface area (Å²) >= 11 is 0. The van der Waals surface area contributed by atoms with E-state index in [2.05, 4.69) is 9.97 Å². The molecule has 5 heteroatoms. The van der Waals surface area contributed by atoms with E-state index in [1.54, 1.807) is 6.20 Å². The van der Waals surface area contributed by atoms with Crippen molar-refractivity contribution in [2.24, 2.45) is 0 Å². The third kappa shape index (κ3) is 2.55. The van der Waals surface area contributed by atoms with Crippen LogP contribution in [0.15, 0.2) is 42.6 Å². The molecule has 0 atom stereocenters. The summed E-state index contributed by atoms with van der Waals surface area (Å²) in [6.07, 6.45) is -2.71. The number of pyridine rings is 1. The molecule has 132 valence electrons. The van der Waals surface area contributed by atoms with Crippen molar-refractivity contribution in [2.75, 3.05) is 0 Å². The number of hydrogen-bond donors (Lipinski definition) is 1. The lowest BCUT2D eigenvalue weighted by molar-refractivity contribution is -0.137. The van der Waals surface area contributed by atoms with E-state index in [4.69, 9.17) is 0 Å². The lowest BCUT2D eigenvalue weighted by atomic mass is 9.93. The number of alkyl halides is 3. The number of benzene rings is 2. The minimum atomic E-state index is -4.42. The maximum absolute atomic E-state index is 13.6. The van der Waals surface area contributed by atoms with E-state index in [1.807, 2.05) is 44.2 Å². The Bertz CT molecular complexity index is 1150. The van der Waals surface area contributed by atoms with Gasteiger partial charge in [-0.3, -0.25) is 0 Å². The van der Waals surface area contributed by atoms with Crippen LogP contribution in [0.1, 0.15) is 22.3 Å². The molecule has 4 rings (SSSR count). The first kappa shape index (κ1) is 16.6. The second kappa shape index (κ2) is 5.59. The first-order chi connectivity index (χ1) is 12.3. The van der Waals surface area contributed by atoms with E-state index in [0.29, 0.717) is 16.7 Å². The highest BCUT2D eigenvalue weighted by atomic mass is 19.4. The van der Waals surface area contributed by atoms with E-state index in [9.17, 15) is 13.2 Å². The van der Waals surface area contributed by atoms with Crippen molar-refractivity contribution in [3.8, 4) is 11.1 Å². The fourth-order valence-corrected chi connectivity index (χ4v) is 3.53. The Morgan fingerprint density at radius 3 is 2.42 bits per heavy atom. The lowest BCUT2D eigenvalue weighted by Gasteiger charge is -2.15. The molecule has 0 radical (unpaired) electrons. The van der Waals surface area contributed by atoms with Gasteiger partial charge in [0, 0.05) is 17.0 Å². The van der Waals surface area contributed by atoms with Gasteiger partial charge in [-0.15, -0.1) is 0 Å². The Hall–Kier alpha value is -2.82. The summed E-state index contributed by atoms with van der Waals surface area (Å²) in [5.41, 5.74) is 3.96. The minimum absolute atomic E-state index is 0.194. The van der Waals surface area contributed by atoms with Gasteiger partial charge in [-0.2, -0.15) is 13.2 Å². The maximum atomic E-state index is 13.6. The third-order valence-electron chi connectivity index (χ3n) is 4.76. The average Bonchev–Trinajstić information content (AvgIpc) is 2.93. The number of H-pyrrole nitrogens is 1. The van der Waals surface area contributed by atoms with Gasteiger partial charge in [-0.1, -0.05) is 29.8 Å². The second-order valence-electron chi connectivity index (χ2n) is 6.75. The molecule has 0 amide bonds. The summed E-state index contributed by atoms with van der Waals surface area (Å²) in [4.78, 5) is 7.47. The predicted octanol–water partition coefficient (Wildman–Crippen LogP) is 6.33. The molecule has 0 saturated carbocycles. The molecule has 0 spiro atoms. The molecule has 0 saturated heterocycles. The summed E-state index contributed by atoms with van der Waals surface area (Å²) in [7, 11) is 0. The maximum Gasteiger partial charge on any atom is 0.416 e. The third-order valence-corrected chi connectivity index (χ3v) is 4.76. The molecule has 0 aliphatic rings. The normalized spacial score (nSPS) is 12.2. The van der Waals surface area contributed by atoms with Crippen LogP contribution in [0.2, 0.25) is 0 Å². The van der Waals surface area contributed by atoms with Gasteiger partial charge in [0.25, 0.3) is 0 Å². The van der Waals surface area contributed by atoms with Crippen molar-refractivity contribution >= 4 is 21.9 Å². The smallest absolute Gasteiger partial charge is 0.339 e. The summed E-state index contributed by atoms with van der Waals surface area (Å²) in [5.74, 6) is 0. The molecule has 4 aromatic rings. The number of halogens is 3. The quantitative estimate of drug-likeness (QED) is 0.425. The number of aryl methyl sites for hydroxylation is 3. The van der Waals surface area contributed by atoms with Crippen molar-refractivity contribution in [3.05, 3.63) is 64.8 Å². The number of nitrogens with one attached hydrogen (secondary N) is 1. The van der Waals surface area contributed by atoms with Crippen LogP contribution in [0.3, 0.4) is 0 Å². The van der Waals surface area contributed by atoms with Gasteiger partial charge in [0.15, 0.2) is 0 Å². The van der Waals surface area contributed by atoms with Crippen molar-refractivity contribution < 1.29 is 13.2 Å². The predicted molar refractivity (Wildman–Crippen MR) is 98.2 cm³/mol. The molecule has 0 bridgehead atoms. The van der Waals surface area contributed by atoms with Gasteiger partial charge in [0.2, 0.25) is 0 Å². The van der Waals surface area contributed by atoms with E-state index in [-0.39, 0.29) is 5.56 Å². The van der Waals surface area contributed by atoms with Crippen LogP contribution in [-0.4, -0.2) is 9.97 Å². The first-order valence-corrected chi connectivity index (χ1v) is 8.31. The van der Waals surface area contributed by atoms with E-state index >= 15 is 0 Å². The molecule has 26 heavy (non-hydrogen) atoms. The lowest BCUT2D eigenvalue weighted by Crippen LogP contribution is -2.08. The van der Waals surface area contributed by atoms with Crippen LogP contribution in [-0.2, 0) is 6.18 Å². The Balaban J connectivity index is 2.22. The van der Waals surface area contributed by atoms with Crippen molar-refractivity contribution in [1.29, 1.82) is 0 Å². The van der Waals surface area contributed by atoms with Gasteiger partial charge < -0.3 is 4.98 Å². The van der Waals surface area contributed by atoms with Gasteiger partial charge in [0.1, 0.15) is 5.65 Å². The van der Waals surface area contributed by atoms with Crippen LogP contribution >= 0.6 is 0 Å². The largest absolute Gasteiger partial charge is 0.416 e. The molecule has 2 aromatic heterocycles. The van der Waals surface area contributed by atoms with Crippen LogP contribution in [0.4, 0.5) is 13.2 Å². The zero-order valence-electron chi connectivity index (χ0n) is 14.6. The Labute approximate surface area is 148 Å². The molecular weight excluding hydrogens is 337 g/mol. The molecule has 0 unspecified atom stereocenters. The standard InChI is InChI=1S/C21H17F3N2/c1-11-5-4-6-14(7-11)15-9-17(21(22,23)24)13(3)19-18(15)16-8-12(2)10-25-20(16)26-19/h4-10H,1-3H3,(H,25,26).